The van der Waals surface area contributed by atoms with E-state index in [2.05, 4.69) is 27.8 Å². The van der Waals surface area contributed by atoms with Gasteiger partial charge in [0.15, 0.2) is 17.3 Å². The van der Waals surface area contributed by atoms with Crippen LogP contribution < -0.4 is 14.8 Å². The number of carbonyl (C=O) groups is 2. The lowest BCUT2D eigenvalue weighted by Crippen LogP contribution is -2.42. The second-order valence-electron chi connectivity index (χ2n) is 8.44. The number of halogens is 1. The van der Waals surface area contributed by atoms with Crippen molar-refractivity contribution in [3.05, 3.63) is 81.6 Å². The van der Waals surface area contributed by atoms with Crippen molar-refractivity contribution >= 4 is 27.7 Å². The van der Waals surface area contributed by atoms with Gasteiger partial charge in [0.25, 0.3) is 0 Å². The first-order valence-corrected chi connectivity index (χ1v) is 12.0. The van der Waals surface area contributed by atoms with Gasteiger partial charge in [-0.15, -0.1) is 0 Å². The molecule has 0 radical (unpaired) electrons. The molecule has 2 aromatic rings. The van der Waals surface area contributed by atoms with Gasteiger partial charge in [-0.1, -0.05) is 40.7 Å². The van der Waals surface area contributed by atoms with Gasteiger partial charge in [0.1, 0.15) is 5.92 Å². The van der Waals surface area contributed by atoms with Crippen molar-refractivity contribution in [2.75, 3.05) is 20.8 Å². The highest BCUT2D eigenvalue weighted by Crippen LogP contribution is 2.47. The quantitative estimate of drug-likeness (QED) is 0.519. The van der Waals surface area contributed by atoms with Crippen LogP contribution in [0, 0.1) is 5.92 Å². The van der Waals surface area contributed by atoms with Gasteiger partial charge >= 0.3 is 5.97 Å². The highest BCUT2D eigenvalue weighted by Gasteiger charge is 2.45. The van der Waals surface area contributed by atoms with Crippen molar-refractivity contribution in [3.63, 3.8) is 0 Å². The number of hydrogen-bond donors (Lipinski definition) is 1. The summed E-state index contributed by atoms with van der Waals surface area (Å²) < 4.78 is 17.1. The summed E-state index contributed by atoms with van der Waals surface area (Å²) >= 11 is 3.47. The van der Waals surface area contributed by atoms with E-state index in [0.717, 1.165) is 21.3 Å². The van der Waals surface area contributed by atoms with Crippen LogP contribution in [-0.4, -0.2) is 32.6 Å². The van der Waals surface area contributed by atoms with Crippen LogP contribution in [0.3, 0.4) is 0 Å². The number of rotatable bonds is 6. The van der Waals surface area contributed by atoms with Gasteiger partial charge in [-0.05, 0) is 54.7 Å². The van der Waals surface area contributed by atoms with E-state index in [-0.39, 0.29) is 24.3 Å². The maximum atomic E-state index is 13.6. The number of carbonyl (C=O) groups excluding carboxylic acids is 2. The Morgan fingerprint density at radius 3 is 2.38 bits per heavy atom. The summed E-state index contributed by atoms with van der Waals surface area (Å²) in [4.78, 5) is 26.6. The molecule has 0 bridgehead atoms. The van der Waals surface area contributed by atoms with Crippen LogP contribution >= 0.6 is 15.9 Å². The lowest BCUT2D eigenvalue weighted by atomic mass is 9.69. The molecule has 0 amide bonds. The molecule has 1 heterocycles. The first kappa shape index (κ1) is 24.1. The maximum Gasteiger partial charge on any atom is 0.315 e. The third-order valence-electron chi connectivity index (χ3n) is 6.49. The van der Waals surface area contributed by atoms with E-state index in [1.54, 1.807) is 21.1 Å². The van der Waals surface area contributed by atoms with Crippen LogP contribution in [0.2, 0.25) is 0 Å². The number of hydrogen-bond acceptors (Lipinski definition) is 6. The predicted octanol–water partition coefficient (Wildman–Crippen LogP) is 5.25. The fourth-order valence-corrected chi connectivity index (χ4v) is 5.20. The van der Waals surface area contributed by atoms with Gasteiger partial charge in [-0.25, -0.2) is 0 Å². The van der Waals surface area contributed by atoms with Gasteiger partial charge < -0.3 is 19.5 Å². The van der Waals surface area contributed by atoms with Crippen LogP contribution in [0.1, 0.15) is 42.7 Å². The Morgan fingerprint density at radius 1 is 1.06 bits per heavy atom. The normalized spacial score (nSPS) is 22.1. The molecule has 1 N–H and O–H groups in total. The van der Waals surface area contributed by atoms with Crippen LogP contribution in [0.25, 0.3) is 0 Å². The molecule has 4 rings (SSSR count). The average molecular weight is 526 g/mol. The van der Waals surface area contributed by atoms with E-state index < -0.39 is 11.8 Å². The second-order valence-corrected chi connectivity index (χ2v) is 9.36. The highest BCUT2D eigenvalue weighted by molar-refractivity contribution is 9.10. The molecule has 2 aromatic carbocycles. The summed E-state index contributed by atoms with van der Waals surface area (Å²) in [6.45, 7) is 6.19. The molecule has 0 fully saturated rings. The minimum atomic E-state index is -0.679. The first-order valence-electron chi connectivity index (χ1n) is 11.2. The molecule has 3 unspecified atom stereocenters. The molecule has 0 spiro atoms. The zero-order chi connectivity index (χ0) is 24.4. The molecule has 6 nitrogen and oxygen atoms in total. The molecular formula is C27H28BrNO5. The highest BCUT2D eigenvalue weighted by atomic mass is 79.9. The Hall–Kier alpha value is -3.06. The Balaban J connectivity index is 1.76. The number of esters is 1. The zero-order valence-electron chi connectivity index (χ0n) is 19.5. The number of Topliss-reactive ketones (excluding diaryl/α,β-unsaturated/α-hetero) is 1. The molecule has 1 aliphatic carbocycles. The summed E-state index contributed by atoms with van der Waals surface area (Å²) in [7, 11) is 3.19. The molecular weight excluding hydrogens is 498 g/mol. The SMILES string of the molecule is C=C1NC2=C(C(=O)CC(c3ccc(OC)c(OC)c3)C2)C(c2ccc(Br)cc2)C1C(=O)OCC. The average Bonchev–Trinajstić information content (AvgIpc) is 2.83. The Morgan fingerprint density at radius 2 is 1.74 bits per heavy atom. The van der Waals surface area contributed by atoms with Crippen LogP contribution in [0.4, 0.5) is 0 Å². The molecule has 34 heavy (non-hydrogen) atoms. The van der Waals surface area contributed by atoms with Crippen LogP contribution in [0.5, 0.6) is 11.5 Å². The molecule has 7 heteroatoms. The summed E-state index contributed by atoms with van der Waals surface area (Å²) in [5.74, 6) is -0.252. The van der Waals surface area contributed by atoms with Crippen LogP contribution in [-0.2, 0) is 14.3 Å². The molecule has 2 aliphatic rings. The Kier molecular flexibility index (Phi) is 7.12. The Labute approximate surface area is 208 Å². The lowest BCUT2D eigenvalue weighted by Gasteiger charge is -2.40. The number of ether oxygens (including phenoxy) is 3. The maximum absolute atomic E-state index is 13.6. The molecule has 0 saturated heterocycles. The standard InChI is InChI=1S/C27H28BrNO5/c1-5-34-27(31)24-15(2)29-20-12-18(17-8-11-22(32-3)23(14-17)33-4)13-21(30)26(20)25(24)16-6-9-19(28)10-7-16/h6-11,14,18,24-25,29H,2,5,12-13H2,1,3-4H3. The fraction of sp³-hybridized carbons (Fsp3) is 0.333. The summed E-state index contributed by atoms with van der Waals surface area (Å²) in [6.07, 6.45) is 0.962. The number of allylic oxidation sites excluding steroid dienone is 2. The van der Waals surface area contributed by atoms with Gasteiger partial charge in [0.05, 0.1) is 20.8 Å². The number of nitrogens with one attached hydrogen (secondary N) is 1. The van der Waals surface area contributed by atoms with E-state index in [4.69, 9.17) is 14.2 Å². The second kappa shape index (κ2) is 10.1. The number of benzene rings is 2. The summed E-state index contributed by atoms with van der Waals surface area (Å²) in [6, 6.07) is 13.5. The molecule has 0 saturated carbocycles. The van der Waals surface area contributed by atoms with Crippen molar-refractivity contribution in [3.8, 4) is 11.5 Å². The Bertz CT molecular complexity index is 1150. The topological polar surface area (TPSA) is 73.9 Å². The van der Waals surface area contributed by atoms with Crippen LogP contribution in [0.15, 0.2) is 70.5 Å². The monoisotopic (exact) mass is 525 g/mol. The smallest absolute Gasteiger partial charge is 0.315 e. The minimum Gasteiger partial charge on any atom is -0.493 e. The minimum absolute atomic E-state index is 0.0169. The third kappa shape index (κ3) is 4.49. The third-order valence-corrected chi connectivity index (χ3v) is 7.02. The number of ketones is 1. The van der Waals surface area contributed by atoms with E-state index in [9.17, 15) is 9.59 Å². The van der Waals surface area contributed by atoms with Crippen molar-refractivity contribution in [2.45, 2.75) is 31.6 Å². The van der Waals surface area contributed by atoms with E-state index in [1.165, 1.54) is 0 Å². The van der Waals surface area contributed by atoms with Gasteiger partial charge in [-0.3, -0.25) is 9.59 Å². The van der Waals surface area contributed by atoms with Crippen molar-refractivity contribution in [1.29, 1.82) is 0 Å². The van der Waals surface area contributed by atoms with E-state index >= 15 is 0 Å². The predicted molar refractivity (Wildman–Crippen MR) is 133 cm³/mol. The molecule has 3 atom stereocenters. The number of methoxy groups -OCH3 is 2. The van der Waals surface area contributed by atoms with Gasteiger partial charge in [0, 0.05) is 33.8 Å². The van der Waals surface area contributed by atoms with Crippen molar-refractivity contribution in [2.24, 2.45) is 5.92 Å². The van der Waals surface area contributed by atoms with Crippen molar-refractivity contribution in [1.82, 2.24) is 5.32 Å². The molecule has 178 valence electrons. The molecule has 1 aliphatic heterocycles. The van der Waals surface area contributed by atoms with Crippen molar-refractivity contribution < 1.29 is 23.8 Å². The summed E-state index contributed by atoms with van der Waals surface area (Å²) in [5.41, 5.74) is 3.89. The van der Waals surface area contributed by atoms with Gasteiger partial charge in [-0.2, -0.15) is 0 Å². The lowest BCUT2D eigenvalue weighted by molar-refractivity contribution is -0.147. The summed E-state index contributed by atoms with van der Waals surface area (Å²) in [5, 5.41) is 3.30. The van der Waals surface area contributed by atoms with E-state index in [0.29, 0.717) is 35.6 Å². The fourth-order valence-electron chi connectivity index (χ4n) is 4.93. The zero-order valence-corrected chi connectivity index (χ0v) is 21.1. The molecule has 0 aromatic heterocycles. The van der Waals surface area contributed by atoms with Gasteiger partial charge in [0.2, 0.25) is 0 Å². The largest absolute Gasteiger partial charge is 0.493 e. The van der Waals surface area contributed by atoms with E-state index in [1.807, 2.05) is 42.5 Å². The first-order chi connectivity index (χ1) is 16.4.